The predicted molar refractivity (Wildman–Crippen MR) is 80.0 cm³/mol. The largest absolute Gasteiger partial charge is 0.492 e. The quantitative estimate of drug-likeness (QED) is 0.899. The minimum absolute atomic E-state index is 0.613. The molecule has 3 nitrogen and oxygen atoms in total. The first-order valence-corrected chi connectivity index (χ1v) is 7.38. The number of ether oxygens (including phenoxy) is 1. The Morgan fingerprint density at radius 2 is 2.11 bits per heavy atom. The van der Waals surface area contributed by atoms with Crippen molar-refractivity contribution in [3.63, 3.8) is 0 Å². The van der Waals surface area contributed by atoms with E-state index in [1.807, 2.05) is 24.3 Å². The van der Waals surface area contributed by atoms with Gasteiger partial charge in [-0.05, 0) is 30.2 Å². The Morgan fingerprint density at radius 1 is 1.37 bits per heavy atom. The van der Waals surface area contributed by atoms with Gasteiger partial charge >= 0.3 is 0 Å². The zero-order valence-electron chi connectivity index (χ0n) is 11.7. The maximum Gasteiger partial charge on any atom is 0.119 e. The molecule has 106 valence electrons. The molecule has 0 aromatic heterocycles. The highest BCUT2D eigenvalue weighted by Crippen LogP contribution is 2.16. The van der Waals surface area contributed by atoms with Gasteiger partial charge in [0.25, 0.3) is 0 Å². The SMILES string of the molecule is CC(C)C1CNCCN1CCOc1ccc(Cl)cc1. The van der Waals surface area contributed by atoms with E-state index in [2.05, 4.69) is 24.1 Å². The summed E-state index contributed by atoms with van der Waals surface area (Å²) in [6.45, 7) is 9.53. The Labute approximate surface area is 120 Å². The summed E-state index contributed by atoms with van der Waals surface area (Å²) >= 11 is 5.85. The number of piperazine rings is 1. The average Bonchev–Trinajstić information content (AvgIpc) is 2.41. The van der Waals surface area contributed by atoms with Crippen molar-refractivity contribution >= 4 is 11.6 Å². The van der Waals surface area contributed by atoms with Gasteiger partial charge in [-0.25, -0.2) is 0 Å². The number of nitrogens with one attached hydrogen (secondary N) is 1. The van der Waals surface area contributed by atoms with E-state index in [9.17, 15) is 0 Å². The van der Waals surface area contributed by atoms with Gasteiger partial charge in [-0.2, -0.15) is 0 Å². The molecule has 19 heavy (non-hydrogen) atoms. The molecule has 4 heteroatoms. The molecule has 0 spiro atoms. The van der Waals surface area contributed by atoms with Crippen molar-refractivity contribution in [3.05, 3.63) is 29.3 Å². The molecule has 0 bridgehead atoms. The smallest absolute Gasteiger partial charge is 0.119 e. The minimum Gasteiger partial charge on any atom is -0.492 e. The van der Waals surface area contributed by atoms with Crippen molar-refractivity contribution in [3.8, 4) is 5.75 Å². The first-order valence-electron chi connectivity index (χ1n) is 7.00. The maximum atomic E-state index is 5.85. The lowest BCUT2D eigenvalue weighted by Gasteiger charge is -2.38. The van der Waals surface area contributed by atoms with Crippen LogP contribution in [0.2, 0.25) is 5.02 Å². The van der Waals surface area contributed by atoms with E-state index in [0.29, 0.717) is 12.0 Å². The fourth-order valence-electron chi connectivity index (χ4n) is 2.51. The van der Waals surface area contributed by atoms with Crippen LogP contribution in [-0.2, 0) is 0 Å². The van der Waals surface area contributed by atoms with Gasteiger partial charge in [-0.1, -0.05) is 25.4 Å². The van der Waals surface area contributed by atoms with Gasteiger partial charge in [0.1, 0.15) is 12.4 Å². The van der Waals surface area contributed by atoms with Gasteiger partial charge in [-0.3, -0.25) is 4.90 Å². The van der Waals surface area contributed by atoms with Crippen LogP contribution in [0.3, 0.4) is 0 Å². The zero-order chi connectivity index (χ0) is 13.7. The maximum absolute atomic E-state index is 5.85. The minimum atomic E-state index is 0.613. The van der Waals surface area contributed by atoms with Crippen LogP contribution in [-0.4, -0.2) is 43.7 Å². The molecule has 0 radical (unpaired) electrons. The van der Waals surface area contributed by atoms with Crippen molar-refractivity contribution < 1.29 is 4.74 Å². The summed E-state index contributed by atoms with van der Waals surface area (Å²) in [6, 6.07) is 8.17. The fraction of sp³-hybridized carbons (Fsp3) is 0.600. The van der Waals surface area contributed by atoms with E-state index in [4.69, 9.17) is 16.3 Å². The summed E-state index contributed by atoms with van der Waals surface area (Å²) in [7, 11) is 0. The van der Waals surface area contributed by atoms with Crippen molar-refractivity contribution in [1.82, 2.24) is 10.2 Å². The highest BCUT2D eigenvalue weighted by molar-refractivity contribution is 6.30. The second kappa shape index (κ2) is 7.13. The molecule has 0 amide bonds. The molecular weight excluding hydrogens is 260 g/mol. The third kappa shape index (κ3) is 4.37. The highest BCUT2D eigenvalue weighted by Gasteiger charge is 2.24. The molecule has 2 rings (SSSR count). The molecule has 1 aromatic carbocycles. The van der Waals surface area contributed by atoms with E-state index in [1.54, 1.807) is 0 Å². The lowest BCUT2D eigenvalue weighted by atomic mass is 10.0. The highest BCUT2D eigenvalue weighted by atomic mass is 35.5. The Balaban J connectivity index is 1.79. The van der Waals surface area contributed by atoms with E-state index >= 15 is 0 Å². The average molecular weight is 283 g/mol. The first kappa shape index (κ1) is 14.6. The Bertz CT molecular complexity index is 380. The molecule has 1 saturated heterocycles. The van der Waals surface area contributed by atoms with Crippen LogP contribution in [0.4, 0.5) is 0 Å². The molecule has 1 atom stereocenters. The first-order chi connectivity index (χ1) is 9.16. The Kier molecular flexibility index (Phi) is 5.49. The van der Waals surface area contributed by atoms with Gasteiger partial charge in [0.2, 0.25) is 0 Å². The number of nitrogens with zero attached hydrogens (tertiary/aromatic N) is 1. The second-order valence-electron chi connectivity index (χ2n) is 5.35. The predicted octanol–water partition coefficient (Wildman–Crippen LogP) is 2.65. The van der Waals surface area contributed by atoms with Crippen LogP contribution in [0.15, 0.2) is 24.3 Å². The molecule has 0 saturated carbocycles. The van der Waals surface area contributed by atoms with Crippen molar-refractivity contribution in [2.45, 2.75) is 19.9 Å². The van der Waals surface area contributed by atoms with Crippen molar-refractivity contribution in [1.29, 1.82) is 0 Å². The zero-order valence-corrected chi connectivity index (χ0v) is 12.5. The lowest BCUT2D eigenvalue weighted by molar-refractivity contribution is 0.105. The van der Waals surface area contributed by atoms with Crippen LogP contribution in [0.1, 0.15) is 13.8 Å². The van der Waals surface area contributed by atoms with E-state index in [1.165, 1.54) is 0 Å². The van der Waals surface area contributed by atoms with E-state index in [-0.39, 0.29) is 0 Å². The second-order valence-corrected chi connectivity index (χ2v) is 5.79. The lowest BCUT2D eigenvalue weighted by Crippen LogP contribution is -2.54. The fourth-order valence-corrected chi connectivity index (χ4v) is 2.64. The summed E-state index contributed by atoms with van der Waals surface area (Å²) in [5, 5.41) is 4.21. The van der Waals surface area contributed by atoms with Gasteiger partial charge in [-0.15, -0.1) is 0 Å². The number of hydrogen-bond acceptors (Lipinski definition) is 3. The standard InChI is InChI=1S/C15H23ClN2O/c1-12(2)15-11-17-7-8-18(15)9-10-19-14-5-3-13(16)4-6-14/h3-6,12,15,17H,7-11H2,1-2H3. The van der Waals surface area contributed by atoms with Crippen LogP contribution in [0, 0.1) is 5.92 Å². The Hall–Kier alpha value is -0.770. The number of rotatable bonds is 5. The molecule has 0 aliphatic carbocycles. The monoisotopic (exact) mass is 282 g/mol. The summed E-state index contributed by atoms with van der Waals surface area (Å²) in [5.41, 5.74) is 0. The van der Waals surface area contributed by atoms with Crippen LogP contribution >= 0.6 is 11.6 Å². The molecule has 1 heterocycles. The number of benzene rings is 1. The molecule has 1 aliphatic heterocycles. The molecular formula is C15H23ClN2O. The molecule has 1 fully saturated rings. The van der Waals surface area contributed by atoms with Crippen LogP contribution in [0.25, 0.3) is 0 Å². The van der Waals surface area contributed by atoms with E-state index < -0.39 is 0 Å². The summed E-state index contributed by atoms with van der Waals surface area (Å²) in [4.78, 5) is 2.52. The van der Waals surface area contributed by atoms with Crippen molar-refractivity contribution in [2.24, 2.45) is 5.92 Å². The number of halogens is 1. The summed E-state index contributed by atoms with van der Waals surface area (Å²) in [5.74, 6) is 1.56. The third-order valence-electron chi connectivity index (χ3n) is 3.63. The van der Waals surface area contributed by atoms with Crippen molar-refractivity contribution in [2.75, 3.05) is 32.8 Å². The number of hydrogen-bond donors (Lipinski definition) is 1. The molecule has 1 aromatic rings. The normalized spacial score (nSPS) is 20.7. The summed E-state index contributed by atoms with van der Waals surface area (Å²) < 4.78 is 5.77. The van der Waals surface area contributed by atoms with Gasteiger partial charge in [0.05, 0.1) is 0 Å². The third-order valence-corrected chi connectivity index (χ3v) is 3.88. The van der Waals surface area contributed by atoms with Gasteiger partial charge in [0.15, 0.2) is 0 Å². The van der Waals surface area contributed by atoms with Gasteiger partial charge in [0, 0.05) is 37.2 Å². The molecule has 1 aliphatic rings. The molecule has 1 N–H and O–H groups in total. The van der Waals surface area contributed by atoms with Gasteiger partial charge < -0.3 is 10.1 Å². The van der Waals surface area contributed by atoms with E-state index in [0.717, 1.165) is 43.6 Å². The topological polar surface area (TPSA) is 24.5 Å². The molecule has 1 unspecified atom stereocenters. The summed E-state index contributed by atoms with van der Waals surface area (Å²) in [6.07, 6.45) is 0. The van der Waals surface area contributed by atoms with Crippen LogP contribution < -0.4 is 10.1 Å². The Morgan fingerprint density at radius 3 is 2.79 bits per heavy atom. The van der Waals surface area contributed by atoms with Crippen LogP contribution in [0.5, 0.6) is 5.75 Å².